The number of rotatable bonds is 12. The van der Waals surface area contributed by atoms with E-state index in [0.717, 1.165) is 44.5 Å². The molecule has 0 unspecified atom stereocenters. The van der Waals surface area contributed by atoms with Gasteiger partial charge in [-0.15, -0.1) is 0 Å². The van der Waals surface area contributed by atoms with Crippen LogP contribution in [0.4, 0.5) is 5.69 Å². The fourth-order valence-corrected chi connectivity index (χ4v) is 5.66. The van der Waals surface area contributed by atoms with Crippen molar-refractivity contribution >= 4 is 17.5 Å². The Labute approximate surface area is 276 Å². The second-order valence-corrected chi connectivity index (χ2v) is 13.0. The third-order valence-electron chi connectivity index (χ3n) is 8.45. The Morgan fingerprint density at radius 2 is 1.87 bits per heavy atom. The van der Waals surface area contributed by atoms with Crippen LogP contribution in [0.1, 0.15) is 68.8 Å². The number of carbonyl (C=O) groups excluding carboxylic acids is 2. The van der Waals surface area contributed by atoms with Crippen LogP contribution in [0.2, 0.25) is 0 Å². The number of benzene rings is 2. The molecule has 0 aromatic heterocycles. The number of carbonyl (C=O) groups is 2. The van der Waals surface area contributed by atoms with E-state index in [4.69, 9.17) is 14.2 Å². The summed E-state index contributed by atoms with van der Waals surface area (Å²) in [6, 6.07) is 12.9. The standard InChI is InChI=1S/C36H56N4O6/c1-26-22-40(27(2)25-41)36(43)32-21-30(37-35(42)12-10-19-38(4)5)15-18-33(32)46-28(3)11-8-9-20-45-34(26)24-39(6)23-29-13-16-31(44-7)17-14-29/h13-18,21,26-28,34,41H,8-12,19-20,22-25H2,1-7H3,(H,37,42)/t26-,27+,28+,34+/m0/s1. The minimum absolute atomic E-state index is 0.0258. The van der Waals surface area contributed by atoms with Crippen molar-refractivity contribution in [2.45, 2.75) is 77.7 Å². The van der Waals surface area contributed by atoms with Crippen molar-refractivity contribution in [1.29, 1.82) is 0 Å². The molecule has 46 heavy (non-hydrogen) atoms. The molecule has 10 nitrogen and oxygen atoms in total. The van der Waals surface area contributed by atoms with Gasteiger partial charge in [0.1, 0.15) is 11.5 Å². The molecule has 10 heteroatoms. The first-order chi connectivity index (χ1) is 22.0. The lowest BCUT2D eigenvalue weighted by atomic mass is 10.0. The average Bonchev–Trinajstić information content (AvgIpc) is 3.02. The van der Waals surface area contributed by atoms with E-state index in [0.29, 0.717) is 43.1 Å². The van der Waals surface area contributed by atoms with Gasteiger partial charge < -0.3 is 34.4 Å². The third kappa shape index (κ3) is 11.9. The number of hydrogen-bond acceptors (Lipinski definition) is 8. The first-order valence-electron chi connectivity index (χ1n) is 16.6. The zero-order chi connectivity index (χ0) is 33.6. The van der Waals surface area contributed by atoms with Crippen LogP contribution in [0.25, 0.3) is 0 Å². The van der Waals surface area contributed by atoms with E-state index < -0.39 is 6.04 Å². The van der Waals surface area contributed by atoms with Crippen molar-refractivity contribution in [3.63, 3.8) is 0 Å². The van der Waals surface area contributed by atoms with Gasteiger partial charge >= 0.3 is 0 Å². The Kier molecular flexibility index (Phi) is 15.3. The van der Waals surface area contributed by atoms with Crippen molar-refractivity contribution in [1.82, 2.24) is 14.7 Å². The van der Waals surface area contributed by atoms with Crippen molar-refractivity contribution in [2.24, 2.45) is 5.92 Å². The molecule has 1 heterocycles. The molecule has 1 aliphatic heterocycles. The molecule has 2 N–H and O–H groups in total. The highest BCUT2D eigenvalue weighted by atomic mass is 16.5. The van der Waals surface area contributed by atoms with Gasteiger partial charge in [-0.05, 0) is 103 Å². The Bertz CT molecular complexity index is 1220. The van der Waals surface area contributed by atoms with Crippen molar-refractivity contribution < 1.29 is 28.9 Å². The number of likely N-dealkylation sites (N-methyl/N-ethyl adjacent to an activating group) is 1. The molecule has 0 radical (unpaired) electrons. The summed E-state index contributed by atoms with van der Waals surface area (Å²) in [5.41, 5.74) is 2.09. The van der Waals surface area contributed by atoms with Crippen LogP contribution in [0.15, 0.2) is 42.5 Å². The van der Waals surface area contributed by atoms with Crippen LogP contribution < -0.4 is 14.8 Å². The van der Waals surface area contributed by atoms with Crippen molar-refractivity contribution in [3.8, 4) is 11.5 Å². The quantitative estimate of drug-likeness (QED) is 0.338. The number of methoxy groups -OCH3 is 1. The molecule has 2 aromatic carbocycles. The van der Waals surface area contributed by atoms with E-state index in [1.165, 1.54) is 5.56 Å². The molecule has 2 aromatic rings. The SMILES string of the molecule is COc1ccc(CN(C)C[C@H]2OCCCC[C@@H](C)Oc3ccc(NC(=O)CCCN(C)C)cc3C(=O)N([C@H](C)CO)C[C@@H]2C)cc1. The zero-order valence-electron chi connectivity index (χ0n) is 29.0. The van der Waals surface area contributed by atoms with Gasteiger partial charge in [0.2, 0.25) is 5.91 Å². The Hall–Kier alpha value is -3.18. The number of anilines is 1. The highest BCUT2D eigenvalue weighted by Gasteiger charge is 2.30. The van der Waals surface area contributed by atoms with E-state index in [-0.39, 0.29) is 36.5 Å². The number of nitrogens with one attached hydrogen (secondary N) is 1. The molecule has 1 aliphatic rings. The number of ether oxygens (including phenoxy) is 3. The van der Waals surface area contributed by atoms with Crippen LogP contribution in [-0.2, 0) is 16.1 Å². The van der Waals surface area contributed by atoms with E-state index in [1.54, 1.807) is 30.2 Å². The maximum atomic E-state index is 14.3. The molecule has 0 spiro atoms. The highest BCUT2D eigenvalue weighted by Crippen LogP contribution is 2.29. The number of hydrogen-bond donors (Lipinski definition) is 2. The summed E-state index contributed by atoms with van der Waals surface area (Å²) < 4.78 is 18.1. The number of amides is 2. The molecule has 0 saturated heterocycles. The van der Waals surface area contributed by atoms with Crippen LogP contribution in [-0.4, -0.2) is 111 Å². The summed E-state index contributed by atoms with van der Waals surface area (Å²) >= 11 is 0. The second-order valence-electron chi connectivity index (χ2n) is 13.0. The normalized spacial score (nSPS) is 20.5. The molecular weight excluding hydrogens is 584 g/mol. The van der Waals surface area contributed by atoms with E-state index in [9.17, 15) is 14.7 Å². The molecular formula is C36H56N4O6. The van der Waals surface area contributed by atoms with Gasteiger partial charge in [-0.2, -0.15) is 0 Å². The summed E-state index contributed by atoms with van der Waals surface area (Å²) in [6.07, 6.45) is 3.53. The van der Waals surface area contributed by atoms with Gasteiger partial charge in [-0.25, -0.2) is 0 Å². The first-order valence-corrected chi connectivity index (χ1v) is 16.6. The maximum absolute atomic E-state index is 14.3. The summed E-state index contributed by atoms with van der Waals surface area (Å²) in [5, 5.41) is 13.2. The van der Waals surface area contributed by atoms with Crippen LogP contribution in [0.3, 0.4) is 0 Å². The number of aliphatic hydroxyl groups is 1. The molecule has 0 saturated carbocycles. The number of fused-ring (bicyclic) bond motifs is 1. The van der Waals surface area contributed by atoms with E-state index in [2.05, 4.69) is 36.3 Å². The molecule has 0 bridgehead atoms. The smallest absolute Gasteiger partial charge is 0.258 e. The van der Waals surface area contributed by atoms with Crippen LogP contribution >= 0.6 is 0 Å². The highest BCUT2D eigenvalue weighted by molar-refractivity contribution is 5.99. The Balaban J connectivity index is 1.85. The minimum atomic E-state index is -0.435. The monoisotopic (exact) mass is 640 g/mol. The summed E-state index contributed by atoms with van der Waals surface area (Å²) in [5.74, 6) is 0.934. The maximum Gasteiger partial charge on any atom is 0.258 e. The third-order valence-corrected chi connectivity index (χ3v) is 8.45. The van der Waals surface area contributed by atoms with Crippen molar-refractivity contribution in [3.05, 3.63) is 53.6 Å². The summed E-state index contributed by atoms with van der Waals surface area (Å²) in [7, 11) is 7.70. The summed E-state index contributed by atoms with van der Waals surface area (Å²) in [6.45, 7) is 9.03. The molecule has 3 rings (SSSR count). The van der Waals surface area contributed by atoms with Gasteiger partial charge in [0.05, 0.1) is 37.5 Å². The lowest BCUT2D eigenvalue weighted by molar-refractivity contribution is -0.116. The van der Waals surface area contributed by atoms with Gasteiger partial charge in [0.15, 0.2) is 0 Å². The number of aliphatic hydroxyl groups excluding tert-OH is 1. The molecule has 0 fully saturated rings. The van der Waals surface area contributed by atoms with Gasteiger partial charge in [-0.3, -0.25) is 14.5 Å². The van der Waals surface area contributed by atoms with Crippen LogP contribution in [0.5, 0.6) is 11.5 Å². The van der Waals surface area contributed by atoms with Crippen molar-refractivity contribution in [2.75, 3.05) is 66.4 Å². The second kappa shape index (κ2) is 18.8. The molecule has 256 valence electrons. The lowest BCUT2D eigenvalue weighted by Gasteiger charge is -2.36. The lowest BCUT2D eigenvalue weighted by Crippen LogP contribution is -2.47. The Morgan fingerprint density at radius 1 is 1.13 bits per heavy atom. The van der Waals surface area contributed by atoms with E-state index >= 15 is 0 Å². The predicted molar refractivity (Wildman–Crippen MR) is 183 cm³/mol. The van der Waals surface area contributed by atoms with Gasteiger partial charge in [0.25, 0.3) is 5.91 Å². The van der Waals surface area contributed by atoms with E-state index in [1.807, 2.05) is 45.0 Å². The minimum Gasteiger partial charge on any atom is -0.497 e. The zero-order valence-corrected chi connectivity index (χ0v) is 29.0. The fraction of sp³-hybridized carbons (Fsp3) is 0.611. The van der Waals surface area contributed by atoms with Gasteiger partial charge in [-0.1, -0.05) is 19.1 Å². The topological polar surface area (TPSA) is 104 Å². The molecule has 0 aliphatic carbocycles. The largest absolute Gasteiger partial charge is 0.497 e. The molecule has 2 amide bonds. The summed E-state index contributed by atoms with van der Waals surface area (Å²) in [4.78, 5) is 33.0. The molecule has 4 atom stereocenters. The van der Waals surface area contributed by atoms with Gasteiger partial charge in [0, 0.05) is 44.3 Å². The fourth-order valence-electron chi connectivity index (χ4n) is 5.66. The number of nitrogens with zero attached hydrogens (tertiary/aromatic N) is 3. The first kappa shape index (κ1) is 37.3. The predicted octanol–water partition coefficient (Wildman–Crippen LogP) is 4.90. The van der Waals surface area contributed by atoms with Crippen LogP contribution in [0, 0.1) is 5.92 Å². The Morgan fingerprint density at radius 3 is 2.54 bits per heavy atom. The average molecular weight is 641 g/mol.